The van der Waals surface area contributed by atoms with Crippen LogP contribution < -0.4 is 0 Å². The maximum Gasteiger partial charge on any atom is 0.130 e. The molecule has 0 aliphatic rings. The molecule has 60 valence electrons. The zero-order valence-corrected chi connectivity index (χ0v) is 7.62. The zero-order valence-electron chi connectivity index (χ0n) is 6.03. The smallest absolute Gasteiger partial charge is 0.130 e. The van der Waals surface area contributed by atoms with Crippen LogP contribution in [-0.2, 0) is 0 Å². The Kier molecular flexibility index (Phi) is 1.69. The lowest BCUT2D eigenvalue weighted by Crippen LogP contribution is -1.81. The maximum absolute atomic E-state index is 9.31. The Balaban J connectivity index is 2.91. The van der Waals surface area contributed by atoms with Gasteiger partial charge in [0.25, 0.3) is 0 Å². The highest BCUT2D eigenvalue weighted by molar-refractivity contribution is 9.10. The summed E-state index contributed by atoms with van der Waals surface area (Å²) in [6.07, 6.45) is 3.14. The van der Waals surface area contributed by atoms with E-state index < -0.39 is 0 Å². The van der Waals surface area contributed by atoms with Gasteiger partial charge in [0.05, 0.1) is 9.99 Å². The van der Waals surface area contributed by atoms with Crippen molar-refractivity contribution in [3.05, 3.63) is 29.1 Å². The summed E-state index contributed by atoms with van der Waals surface area (Å²) >= 11 is 3.25. The molecule has 2 aromatic rings. The number of phenols is 1. The van der Waals surface area contributed by atoms with Gasteiger partial charge in [0.15, 0.2) is 0 Å². The van der Waals surface area contributed by atoms with E-state index in [0.29, 0.717) is 4.47 Å². The molecule has 0 spiro atoms. The fraction of sp³-hybridized carbons (Fsp3) is 0. The van der Waals surface area contributed by atoms with Crippen LogP contribution >= 0.6 is 15.9 Å². The SMILES string of the molecule is Oc1ccc2ncncc2c1Br. The summed E-state index contributed by atoms with van der Waals surface area (Å²) in [6.45, 7) is 0. The minimum Gasteiger partial charge on any atom is -0.507 e. The van der Waals surface area contributed by atoms with Crippen molar-refractivity contribution in [2.75, 3.05) is 0 Å². The van der Waals surface area contributed by atoms with Crippen molar-refractivity contribution in [1.82, 2.24) is 9.97 Å². The molecule has 12 heavy (non-hydrogen) atoms. The molecule has 1 aromatic carbocycles. The summed E-state index contributed by atoms with van der Waals surface area (Å²) in [6, 6.07) is 3.34. The highest BCUT2D eigenvalue weighted by Crippen LogP contribution is 2.30. The Hall–Kier alpha value is -1.16. The van der Waals surface area contributed by atoms with Crippen molar-refractivity contribution >= 4 is 26.8 Å². The minimum atomic E-state index is 0.206. The molecule has 0 saturated heterocycles. The van der Waals surface area contributed by atoms with E-state index in [2.05, 4.69) is 25.9 Å². The van der Waals surface area contributed by atoms with Crippen LogP contribution in [0.4, 0.5) is 0 Å². The van der Waals surface area contributed by atoms with E-state index in [4.69, 9.17) is 0 Å². The number of fused-ring (bicyclic) bond motifs is 1. The molecule has 0 saturated carbocycles. The van der Waals surface area contributed by atoms with Crippen molar-refractivity contribution in [3.63, 3.8) is 0 Å². The first-order valence-corrected chi connectivity index (χ1v) is 4.15. The summed E-state index contributed by atoms with van der Waals surface area (Å²) in [7, 11) is 0. The molecule has 0 radical (unpaired) electrons. The van der Waals surface area contributed by atoms with Crippen molar-refractivity contribution in [1.29, 1.82) is 0 Å². The fourth-order valence-electron chi connectivity index (χ4n) is 1.01. The van der Waals surface area contributed by atoms with Gasteiger partial charge in [0, 0.05) is 11.6 Å². The third kappa shape index (κ3) is 1.04. The van der Waals surface area contributed by atoms with Gasteiger partial charge in [-0.15, -0.1) is 0 Å². The minimum absolute atomic E-state index is 0.206. The van der Waals surface area contributed by atoms with E-state index in [1.54, 1.807) is 18.3 Å². The Morgan fingerprint density at radius 3 is 3.00 bits per heavy atom. The second kappa shape index (κ2) is 2.71. The third-order valence-corrected chi connectivity index (χ3v) is 2.44. The molecule has 0 amide bonds. The number of hydrogen-bond donors (Lipinski definition) is 1. The van der Waals surface area contributed by atoms with E-state index in [1.165, 1.54) is 6.33 Å². The van der Waals surface area contributed by atoms with Crippen LogP contribution in [0.1, 0.15) is 0 Å². The Morgan fingerprint density at radius 1 is 1.33 bits per heavy atom. The quantitative estimate of drug-likeness (QED) is 0.746. The molecule has 4 heteroatoms. The largest absolute Gasteiger partial charge is 0.507 e. The Labute approximate surface area is 77.2 Å². The molecule has 0 atom stereocenters. The van der Waals surface area contributed by atoms with Gasteiger partial charge >= 0.3 is 0 Å². The predicted molar refractivity (Wildman–Crippen MR) is 48.9 cm³/mol. The zero-order chi connectivity index (χ0) is 8.55. The van der Waals surface area contributed by atoms with Crippen molar-refractivity contribution in [3.8, 4) is 5.75 Å². The van der Waals surface area contributed by atoms with E-state index in [9.17, 15) is 5.11 Å². The Morgan fingerprint density at radius 2 is 2.17 bits per heavy atom. The standard InChI is InChI=1S/C8H5BrN2O/c9-8-5-3-10-4-11-6(5)1-2-7(8)12/h1-4,12H. The van der Waals surface area contributed by atoms with Crippen LogP contribution in [-0.4, -0.2) is 15.1 Å². The lowest BCUT2D eigenvalue weighted by molar-refractivity contribution is 0.473. The van der Waals surface area contributed by atoms with Gasteiger partial charge in [-0.3, -0.25) is 0 Å². The molecule has 0 unspecified atom stereocenters. The normalized spacial score (nSPS) is 10.4. The average molecular weight is 225 g/mol. The lowest BCUT2D eigenvalue weighted by Gasteiger charge is -1.99. The van der Waals surface area contributed by atoms with E-state index >= 15 is 0 Å². The number of benzene rings is 1. The molecule has 0 fully saturated rings. The lowest BCUT2D eigenvalue weighted by atomic mass is 10.2. The third-order valence-electron chi connectivity index (χ3n) is 1.60. The summed E-state index contributed by atoms with van der Waals surface area (Å²) in [5.41, 5.74) is 0.815. The highest BCUT2D eigenvalue weighted by Gasteiger charge is 2.03. The second-order valence-corrected chi connectivity index (χ2v) is 3.15. The topological polar surface area (TPSA) is 46.0 Å². The summed E-state index contributed by atoms with van der Waals surface area (Å²) in [5.74, 6) is 0.206. The number of hydrogen-bond acceptors (Lipinski definition) is 3. The van der Waals surface area contributed by atoms with Crippen LogP contribution in [0.3, 0.4) is 0 Å². The molecule has 0 bridgehead atoms. The summed E-state index contributed by atoms with van der Waals surface area (Å²) in [4.78, 5) is 7.89. The van der Waals surface area contributed by atoms with Gasteiger partial charge in [-0.1, -0.05) is 0 Å². The van der Waals surface area contributed by atoms with Gasteiger partial charge in [-0.2, -0.15) is 0 Å². The summed E-state index contributed by atoms with van der Waals surface area (Å²) < 4.78 is 0.639. The molecule has 2 rings (SSSR count). The summed E-state index contributed by atoms with van der Waals surface area (Å²) in [5, 5.41) is 10.1. The number of rotatable bonds is 0. The van der Waals surface area contributed by atoms with Crippen molar-refractivity contribution in [2.45, 2.75) is 0 Å². The van der Waals surface area contributed by atoms with Crippen molar-refractivity contribution in [2.24, 2.45) is 0 Å². The number of phenolic OH excluding ortho intramolecular Hbond substituents is 1. The first-order valence-electron chi connectivity index (χ1n) is 3.36. The molecular formula is C8H5BrN2O. The number of halogens is 1. The molecule has 1 N–H and O–H groups in total. The molecule has 1 heterocycles. The van der Waals surface area contributed by atoms with Gasteiger partial charge in [-0.25, -0.2) is 9.97 Å². The van der Waals surface area contributed by atoms with Gasteiger partial charge in [0.1, 0.15) is 12.1 Å². The number of nitrogens with zero attached hydrogens (tertiary/aromatic N) is 2. The molecular weight excluding hydrogens is 220 g/mol. The number of aromatic hydroxyl groups is 1. The predicted octanol–water partition coefficient (Wildman–Crippen LogP) is 2.10. The molecule has 0 aliphatic carbocycles. The highest BCUT2D eigenvalue weighted by atomic mass is 79.9. The molecule has 0 aliphatic heterocycles. The molecule has 3 nitrogen and oxygen atoms in total. The second-order valence-electron chi connectivity index (χ2n) is 2.35. The van der Waals surface area contributed by atoms with Crippen molar-refractivity contribution < 1.29 is 5.11 Å². The van der Waals surface area contributed by atoms with Gasteiger partial charge in [-0.05, 0) is 28.1 Å². The maximum atomic E-state index is 9.31. The van der Waals surface area contributed by atoms with Crippen LogP contribution in [0.25, 0.3) is 10.9 Å². The molecule has 1 aromatic heterocycles. The van der Waals surface area contributed by atoms with Crippen LogP contribution in [0, 0.1) is 0 Å². The average Bonchev–Trinajstić information content (AvgIpc) is 2.12. The first kappa shape index (κ1) is 7.49. The van der Waals surface area contributed by atoms with E-state index in [0.717, 1.165) is 10.9 Å². The van der Waals surface area contributed by atoms with Crippen LogP contribution in [0.5, 0.6) is 5.75 Å². The van der Waals surface area contributed by atoms with Gasteiger partial charge in [0.2, 0.25) is 0 Å². The van der Waals surface area contributed by atoms with E-state index in [1.807, 2.05) is 0 Å². The monoisotopic (exact) mass is 224 g/mol. The van der Waals surface area contributed by atoms with E-state index in [-0.39, 0.29) is 5.75 Å². The van der Waals surface area contributed by atoms with Crippen LogP contribution in [0.2, 0.25) is 0 Å². The fourth-order valence-corrected chi connectivity index (χ4v) is 1.45. The van der Waals surface area contributed by atoms with Gasteiger partial charge < -0.3 is 5.11 Å². The number of aromatic nitrogens is 2. The first-order chi connectivity index (χ1) is 5.79. The Bertz CT molecular complexity index is 430. The van der Waals surface area contributed by atoms with Crippen LogP contribution in [0.15, 0.2) is 29.1 Å².